The molecule has 0 aliphatic heterocycles. The van der Waals surface area contributed by atoms with Gasteiger partial charge in [-0.1, -0.05) is 11.3 Å². The van der Waals surface area contributed by atoms with Crippen LogP contribution in [0.2, 0.25) is 0 Å². The Hall–Kier alpha value is -2.78. The van der Waals surface area contributed by atoms with Crippen LogP contribution in [-0.2, 0) is 21.2 Å². The van der Waals surface area contributed by atoms with Crippen molar-refractivity contribution in [2.45, 2.75) is 18.4 Å². The molecule has 0 spiro atoms. The van der Waals surface area contributed by atoms with Gasteiger partial charge in [0.05, 0.1) is 10.6 Å². The van der Waals surface area contributed by atoms with Gasteiger partial charge in [-0.2, -0.15) is 0 Å². The minimum absolute atomic E-state index is 0.147. The number of amides is 1. The van der Waals surface area contributed by atoms with Gasteiger partial charge in [0.25, 0.3) is 0 Å². The van der Waals surface area contributed by atoms with Gasteiger partial charge in [0.2, 0.25) is 5.91 Å². The number of aromatic nitrogens is 1. The Morgan fingerprint density at radius 2 is 1.71 bits per heavy atom. The van der Waals surface area contributed by atoms with Crippen molar-refractivity contribution >= 4 is 32.8 Å². The number of halogens is 1. The molecule has 0 unspecified atom stereocenters. The van der Waals surface area contributed by atoms with Crippen molar-refractivity contribution in [3.63, 3.8) is 0 Å². The second kappa shape index (κ2) is 7.69. The summed E-state index contributed by atoms with van der Waals surface area (Å²) < 4.78 is 37.5. The molecule has 3 rings (SSSR count). The molecule has 1 aromatic heterocycles. The standard InChI is InChI=1S/C19H17FN2O4S2/c1-12-18(13-3-5-14(20)6-4-13)22(19(24)27-12)11-17(23)21-15-7-9-16(10-8-15)28(2,25)26/h3-10H,11H2,1-2H3,(H,21,23). The number of nitrogens with one attached hydrogen (secondary N) is 1. The third kappa shape index (κ3) is 4.37. The van der Waals surface area contributed by atoms with Crippen molar-refractivity contribution in [2.24, 2.45) is 0 Å². The summed E-state index contributed by atoms with van der Waals surface area (Å²) in [7, 11) is -3.32. The first-order chi connectivity index (χ1) is 13.1. The molecule has 2 aromatic carbocycles. The van der Waals surface area contributed by atoms with Crippen molar-refractivity contribution < 1.29 is 17.6 Å². The molecule has 1 heterocycles. The van der Waals surface area contributed by atoms with Crippen LogP contribution in [-0.4, -0.2) is 25.1 Å². The molecule has 3 aromatic rings. The average molecular weight is 420 g/mol. The Kier molecular flexibility index (Phi) is 5.48. The van der Waals surface area contributed by atoms with E-state index in [1.54, 1.807) is 19.1 Å². The molecular formula is C19H17FN2O4S2. The molecule has 0 radical (unpaired) electrons. The predicted molar refractivity (Wildman–Crippen MR) is 107 cm³/mol. The zero-order valence-electron chi connectivity index (χ0n) is 15.1. The van der Waals surface area contributed by atoms with Gasteiger partial charge in [-0.25, -0.2) is 12.8 Å². The number of aryl methyl sites for hydroxylation is 1. The van der Waals surface area contributed by atoms with Crippen molar-refractivity contribution in [1.29, 1.82) is 0 Å². The Balaban J connectivity index is 1.83. The highest BCUT2D eigenvalue weighted by molar-refractivity contribution is 7.90. The number of nitrogens with zero attached hydrogens (tertiary/aromatic N) is 1. The lowest BCUT2D eigenvalue weighted by atomic mass is 10.1. The van der Waals surface area contributed by atoms with Gasteiger partial charge in [-0.05, 0) is 61.0 Å². The van der Waals surface area contributed by atoms with E-state index in [4.69, 9.17) is 0 Å². The number of sulfone groups is 1. The van der Waals surface area contributed by atoms with E-state index in [-0.39, 0.29) is 22.1 Å². The molecule has 0 bridgehead atoms. The van der Waals surface area contributed by atoms with E-state index in [9.17, 15) is 22.4 Å². The maximum atomic E-state index is 13.2. The Labute approximate surface area is 165 Å². The molecule has 146 valence electrons. The number of benzene rings is 2. The number of carbonyl (C=O) groups excluding carboxylic acids is 1. The number of carbonyl (C=O) groups is 1. The summed E-state index contributed by atoms with van der Waals surface area (Å²) in [5.74, 6) is -0.823. The summed E-state index contributed by atoms with van der Waals surface area (Å²) >= 11 is 1.01. The van der Waals surface area contributed by atoms with Crippen LogP contribution >= 0.6 is 11.3 Å². The first-order valence-electron chi connectivity index (χ1n) is 8.21. The van der Waals surface area contributed by atoms with Crippen LogP contribution in [0, 0.1) is 12.7 Å². The third-order valence-electron chi connectivity index (χ3n) is 4.05. The smallest absolute Gasteiger partial charge is 0.308 e. The molecule has 0 saturated carbocycles. The first-order valence-corrected chi connectivity index (χ1v) is 10.9. The molecule has 0 fully saturated rings. The number of rotatable bonds is 5. The maximum absolute atomic E-state index is 13.2. The molecule has 0 aliphatic rings. The van der Waals surface area contributed by atoms with Gasteiger partial charge in [-0.3, -0.25) is 14.2 Å². The summed E-state index contributed by atoms with van der Waals surface area (Å²) in [4.78, 5) is 25.3. The Bertz CT molecular complexity index is 1180. The molecule has 1 amide bonds. The maximum Gasteiger partial charge on any atom is 0.308 e. The van der Waals surface area contributed by atoms with Gasteiger partial charge in [-0.15, -0.1) is 0 Å². The van der Waals surface area contributed by atoms with E-state index in [0.717, 1.165) is 22.5 Å². The van der Waals surface area contributed by atoms with Crippen LogP contribution in [0.25, 0.3) is 11.3 Å². The summed E-state index contributed by atoms with van der Waals surface area (Å²) in [6.07, 6.45) is 1.10. The normalized spacial score (nSPS) is 11.4. The molecule has 28 heavy (non-hydrogen) atoms. The predicted octanol–water partition coefficient (Wildman–Crippen LogP) is 3.07. The highest BCUT2D eigenvalue weighted by Crippen LogP contribution is 2.25. The monoisotopic (exact) mass is 420 g/mol. The highest BCUT2D eigenvalue weighted by atomic mass is 32.2. The second-order valence-corrected chi connectivity index (χ2v) is 9.39. The van der Waals surface area contributed by atoms with E-state index >= 15 is 0 Å². The molecule has 6 nitrogen and oxygen atoms in total. The van der Waals surface area contributed by atoms with Crippen molar-refractivity contribution in [3.05, 3.63) is 68.9 Å². The molecule has 9 heteroatoms. The topological polar surface area (TPSA) is 85.2 Å². The van der Waals surface area contributed by atoms with E-state index in [0.29, 0.717) is 16.9 Å². The van der Waals surface area contributed by atoms with Gasteiger partial charge in [0.1, 0.15) is 12.4 Å². The van der Waals surface area contributed by atoms with E-state index in [2.05, 4.69) is 5.32 Å². The largest absolute Gasteiger partial charge is 0.325 e. The lowest BCUT2D eigenvalue weighted by Gasteiger charge is -2.10. The molecule has 1 N–H and O–H groups in total. The highest BCUT2D eigenvalue weighted by Gasteiger charge is 2.17. The summed E-state index contributed by atoms with van der Waals surface area (Å²) in [6.45, 7) is 1.55. The zero-order valence-corrected chi connectivity index (χ0v) is 16.7. The fourth-order valence-corrected chi connectivity index (χ4v) is 4.24. The number of hydrogen-bond donors (Lipinski definition) is 1. The summed E-state index contributed by atoms with van der Waals surface area (Å²) in [5, 5.41) is 2.64. The van der Waals surface area contributed by atoms with Crippen molar-refractivity contribution in [3.8, 4) is 11.3 Å². The molecule has 0 saturated heterocycles. The van der Waals surface area contributed by atoms with Crippen molar-refractivity contribution in [2.75, 3.05) is 11.6 Å². The van der Waals surface area contributed by atoms with Gasteiger partial charge >= 0.3 is 4.87 Å². The SMILES string of the molecule is Cc1sc(=O)n(CC(=O)Nc2ccc(S(C)(=O)=O)cc2)c1-c1ccc(F)cc1. The van der Waals surface area contributed by atoms with Gasteiger partial charge in [0, 0.05) is 16.8 Å². The number of hydrogen-bond acceptors (Lipinski definition) is 5. The van der Waals surface area contributed by atoms with Gasteiger partial charge in [0.15, 0.2) is 9.84 Å². The fourth-order valence-electron chi connectivity index (χ4n) is 2.76. The average Bonchev–Trinajstić information content (AvgIpc) is 2.89. The van der Waals surface area contributed by atoms with Crippen LogP contribution in [0.5, 0.6) is 0 Å². The van der Waals surface area contributed by atoms with Crippen LogP contribution < -0.4 is 10.2 Å². The van der Waals surface area contributed by atoms with Crippen molar-refractivity contribution in [1.82, 2.24) is 4.57 Å². The quantitative estimate of drug-likeness (QED) is 0.687. The Morgan fingerprint density at radius 3 is 2.29 bits per heavy atom. The number of anilines is 1. The van der Waals surface area contributed by atoms with Crippen LogP contribution in [0.1, 0.15) is 4.88 Å². The molecule has 0 atom stereocenters. The minimum Gasteiger partial charge on any atom is -0.325 e. The molecule has 0 aliphatic carbocycles. The summed E-state index contributed by atoms with van der Waals surface area (Å²) in [6, 6.07) is 11.5. The van der Waals surface area contributed by atoms with Crippen LogP contribution in [0.15, 0.2) is 58.2 Å². The van der Waals surface area contributed by atoms with Crippen LogP contribution in [0.4, 0.5) is 10.1 Å². The minimum atomic E-state index is -3.32. The third-order valence-corrected chi connectivity index (χ3v) is 6.07. The lowest BCUT2D eigenvalue weighted by Crippen LogP contribution is -2.25. The Morgan fingerprint density at radius 1 is 1.11 bits per heavy atom. The van der Waals surface area contributed by atoms with Gasteiger partial charge < -0.3 is 5.32 Å². The van der Waals surface area contributed by atoms with E-state index < -0.39 is 15.7 Å². The number of thiazole rings is 1. The van der Waals surface area contributed by atoms with E-state index in [1.165, 1.54) is 41.0 Å². The van der Waals surface area contributed by atoms with Crippen LogP contribution in [0.3, 0.4) is 0 Å². The second-order valence-electron chi connectivity index (χ2n) is 6.21. The lowest BCUT2D eigenvalue weighted by molar-refractivity contribution is -0.116. The first kappa shape index (κ1) is 20.0. The summed E-state index contributed by atoms with van der Waals surface area (Å²) in [5.41, 5.74) is 1.63. The fraction of sp³-hybridized carbons (Fsp3) is 0.158. The zero-order chi connectivity index (χ0) is 20.5. The van der Waals surface area contributed by atoms with E-state index in [1.807, 2.05) is 0 Å². The molecular weight excluding hydrogens is 403 g/mol.